The number of carbonyl (C=O) groups is 3. The largest absolute Gasteiger partial charge is 0.444 e. The number of piperidine rings is 2. The molecule has 1 unspecified atom stereocenters. The number of benzene rings is 1. The van der Waals surface area contributed by atoms with Gasteiger partial charge in [0.1, 0.15) is 5.60 Å². The Kier molecular flexibility index (Phi) is 6.15. The van der Waals surface area contributed by atoms with E-state index in [1.54, 1.807) is 4.90 Å². The summed E-state index contributed by atoms with van der Waals surface area (Å²) in [5.41, 5.74) is 1.56. The minimum atomic E-state index is -0.490. The van der Waals surface area contributed by atoms with E-state index in [1.165, 1.54) is 0 Å². The molecule has 1 aromatic rings. The molecule has 7 nitrogen and oxygen atoms in total. The molecular weight excluding hydrogens is 370 g/mol. The number of nitrogens with zero attached hydrogens (tertiary/aromatic N) is 2. The van der Waals surface area contributed by atoms with Crippen molar-refractivity contribution in [1.82, 2.24) is 10.2 Å². The molecule has 0 aliphatic carbocycles. The van der Waals surface area contributed by atoms with E-state index >= 15 is 0 Å². The summed E-state index contributed by atoms with van der Waals surface area (Å²) in [5.74, 6) is -0.656. The zero-order valence-electron chi connectivity index (χ0n) is 17.7. The lowest BCUT2D eigenvalue weighted by atomic mass is 9.90. The van der Waals surface area contributed by atoms with E-state index < -0.39 is 5.60 Å². The van der Waals surface area contributed by atoms with Crippen LogP contribution in [0.5, 0.6) is 0 Å². The van der Waals surface area contributed by atoms with Crippen LogP contribution in [0.1, 0.15) is 57.9 Å². The Labute approximate surface area is 172 Å². The number of rotatable bonds is 3. The standard InChI is InChI=1S/C22H31N3O4/c1-22(2,3)29-21(28)24(4)16-11-13-25(14-12-16)17-7-5-15(6-8-17)18-9-10-19(26)23-20(18)27/h5-8,16,18H,9-14H2,1-4H3,(H,23,26,27). The zero-order chi connectivity index (χ0) is 21.2. The topological polar surface area (TPSA) is 79.0 Å². The molecule has 0 radical (unpaired) electrons. The fourth-order valence-electron chi connectivity index (χ4n) is 3.92. The second-order valence-electron chi connectivity index (χ2n) is 8.90. The lowest BCUT2D eigenvalue weighted by molar-refractivity contribution is -0.134. The normalized spacial score (nSPS) is 21.0. The molecule has 2 aliphatic heterocycles. The van der Waals surface area contributed by atoms with Crippen molar-refractivity contribution in [2.24, 2.45) is 0 Å². The van der Waals surface area contributed by atoms with E-state index in [4.69, 9.17) is 4.74 Å². The fraction of sp³-hybridized carbons (Fsp3) is 0.591. The van der Waals surface area contributed by atoms with Crippen LogP contribution in [0.25, 0.3) is 0 Å². The van der Waals surface area contributed by atoms with Gasteiger partial charge in [0, 0.05) is 38.3 Å². The molecule has 158 valence electrons. The van der Waals surface area contributed by atoms with Gasteiger partial charge in [0.25, 0.3) is 0 Å². The van der Waals surface area contributed by atoms with E-state index in [2.05, 4.69) is 10.2 Å². The molecule has 0 spiro atoms. The Bertz CT molecular complexity index is 761. The second-order valence-corrected chi connectivity index (χ2v) is 8.90. The van der Waals surface area contributed by atoms with Gasteiger partial charge >= 0.3 is 6.09 Å². The minimum absolute atomic E-state index is 0.170. The van der Waals surface area contributed by atoms with Crippen LogP contribution in [0.3, 0.4) is 0 Å². The van der Waals surface area contributed by atoms with Gasteiger partial charge in [0.05, 0.1) is 5.92 Å². The lowest BCUT2D eigenvalue weighted by Gasteiger charge is -2.38. The predicted molar refractivity (Wildman–Crippen MR) is 111 cm³/mol. The highest BCUT2D eigenvalue weighted by atomic mass is 16.6. The van der Waals surface area contributed by atoms with Crippen molar-refractivity contribution in [3.8, 4) is 0 Å². The van der Waals surface area contributed by atoms with Crippen LogP contribution in [0.2, 0.25) is 0 Å². The Morgan fingerprint density at radius 1 is 1.10 bits per heavy atom. The quantitative estimate of drug-likeness (QED) is 0.788. The monoisotopic (exact) mass is 401 g/mol. The van der Waals surface area contributed by atoms with Crippen LogP contribution in [-0.2, 0) is 14.3 Å². The summed E-state index contributed by atoms with van der Waals surface area (Å²) in [7, 11) is 1.81. The Hall–Kier alpha value is -2.57. The number of nitrogens with one attached hydrogen (secondary N) is 1. The summed E-state index contributed by atoms with van der Waals surface area (Å²) >= 11 is 0. The summed E-state index contributed by atoms with van der Waals surface area (Å²) in [5, 5.41) is 2.41. The van der Waals surface area contributed by atoms with Crippen molar-refractivity contribution in [2.75, 3.05) is 25.0 Å². The van der Waals surface area contributed by atoms with Crippen molar-refractivity contribution in [3.63, 3.8) is 0 Å². The Balaban J connectivity index is 1.55. The molecular formula is C22H31N3O4. The SMILES string of the molecule is CN(C(=O)OC(C)(C)C)C1CCN(c2ccc(C3CCC(=O)NC3=O)cc2)CC1. The molecule has 2 aliphatic rings. The maximum absolute atomic E-state index is 12.3. The summed E-state index contributed by atoms with van der Waals surface area (Å²) < 4.78 is 5.47. The van der Waals surface area contributed by atoms with E-state index in [-0.39, 0.29) is 29.9 Å². The van der Waals surface area contributed by atoms with E-state index in [1.807, 2.05) is 52.1 Å². The first-order valence-electron chi connectivity index (χ1n) is 10.3. The average Bonchev–Trinajstić information content (AvgIpc) is 2.66. The summed E-state index contributed by atoms with van der Waals surface area (Å²) in [6.45, 7) is 7.34. The molecule has 0 bridgehead atoms. The van der Waals surface area contributed by atoms with Gasteiger partial charge in [0.15, 0.2) is 0 Å². The maximum atomic E-state index is 12.3. The van der Waals surface area contributed by atoms with Crippen molar-refractivity contribution >= 4 is 23.6 Å². The summed E-state index contributed by atoms with van der Waals surface area (Å²) in [6.07, 6.45) is 2.43. The van der Waals surface area contributed by atoms with Crippen molar-refractivity contribution in [2.45, 2.75) is 64.0 Å². The van der Waals surface area contributed by atoms with Crippen LogP contribution in [0.4, 0.5) is 10.5 Å². The van der Waals surface area contributed by atoms with E-state index in [0.29, 0.717) is 12.8 Å². The third-order valence-electron chi connectivity index (χ3n) is 5.59. The number of carbonyl (C=O) groups excluding carboxylic acids is 3. The van der Waals surface area contributed by atoms with Gasteiger partial charge in [-0.25, -0.2) is 4.79 Å². The van der Waals surface area contributed by atoms with Gasteiger partial charge in [-0.3, -0.25) is 14.9 Å². The highest BCUT2D eigenvalue weighted by Gasteiger charge is 2.30. The molecule has 1 aromatic carbocycles. The van der Waals surface area contributed by atoms with Gasteiger partial charge in [-0.05, 0) is 57.7 Å². The molecule has 1 N–H and O–H groups in total. The third-order valence-corrected chi connectivity index (χ3v) is 5.59. The van der Waals surface area contributed by atoms with Crippen LogP contribution >= 0.6 is 0 Å². The number of hydrogen-bond acceptors (Lipinski definition) is 5. The lowest BCUT2D eigenvalue weighted by Crippen LogP contribution is -2.47. The van der Waals surface area contributed by atoms with Crippen molar-refractivity contribution in [1.29, 1.82) is 0 Å². The Morgan fingerprint density at radius 2 is 1.72 bits per heavy atom. The first-order valence-corrected chi connectivity index (χ1v) is 10.3. The number of amides is 3. The highest BCUT2D eigenvalue weighted by Crippen LogP contribution is 2.28. The first kappa shape index (κ1) is 21.1. The van der Waals surface area contributed by atoms with E-state index in [0.717, 1.165) is 37.2 Å². The maximum Gasteiger partial charge on any atom is 0.410 e. The molecule has 3 amide bonds. The second kappa shape index (κ2) is 8.43. The van der Waals surface area contributed by atoms with Gasteiger partial charge in [-0.2, -0.15) is 0 Å². The summed E-state index contributed by atoms with van der Waals surface area (Å²) in [4.78, 5) is 39.7. The van der Waals surface area contributed by atoms with Gasteiger partial charge in [-0.1, -0.05) is 12.1 Å². The highest BCUT2D eigenvalue weighted by molar-refractivity contribution is 6.00. The minimum Gasteiger partial charge on any atom is -0.444 e. The Morgan fingerprint density at radius 3 is 2.28 bits per heavy atom. The van der Waals surface area contributed by atoms with Crippen molar-refractivity contribution < 1.29 is 19.1 Å². The van der Waals surface area contributed by atoms with Crippen LogP contribution < -0.4 is 10.2 Å². The molecule has 2 heterocycles. The van der Waals surface area contributed by atoms with Gasteiger partial charge in [-0.15, -0.1) is 0 Å². The molecule has 2 saturated heterocycles. The fourth-order valence-corrected chi connectivity index (χ4v) is 3.92. The van der Waals surface area contributed by atoms with Gasteiger partial charge in [0.2, 0.25) is 11.8 Å². The summed E-state index contributed by atoms with van der Waals surface area (Å²) in [6, 6.07) is 8.21. The van der Waals surface area contributed by atoms with Crippen molar-refractivity contribution in [3.05, 3.63) is 29.8 Å². The molecule has 7 heteroatoms. The molecule has 3 rings (SSSR count). The van der Waals surface area contributed by atoms with Gasteiger partial charge < -0.3 is 14.5 Å². The molecule has 1 atom stereocenters. The molecule has 0 saturated carbocycles. The average molecular weight is 402 g/mol. The number of imide groups is 1. The number of anilines is 1. The third kappa shape index (κ3) is 5.28. The van der Waals surface area contributed by atoms with E-state index in [9.17, 15) is 14.4 Å². The number of hydrogen-bond donors (Lipinski definition) is 1. The van der Waals surface area contributed by atoms with Crippen LogP contribution in [0.15, 0.2) is 24.3 Å². The zero-order valence-corrected chi connectivity index (χ0v) is 17.7. The predicted octanol–water partition coefficient (Wildman–Crippen LogP) is 3.04. The molecule has 29 heavy (non-hydrogen) atoms. The van der Waals surface area contributed by atoms with Crippen LogP contribution in [0, 0.1) is 0 Å². The smallest absolute Gasteiger partial charge is 0.410 e. The molecule has 2 fully saturated rings. The molecule has 0 aromatic heterocycles. The van der Waals surface area contributed by atoms with Crippen LogP contribution in [-0.4, -0.2) is 54.6 Å². The number of ether oxygens (including phenoxy) is 1. The first-order chi connectivity index (χ1) is 13.6.